The predicted octanol–water partition coefficient (Wildman–Crippen LogP) is 3.88. The number of Topliss-reactive ketones (excluding diaryl/α,β-unsaturated/α-hetero) is 1. The van der Waals surface area contributed by atoms with E-state index in [9.17, 15) is 4.79 Å². The molecule has 0 radical (unpaired) electrons. The fourth-order valence-electron chi connectivity index (χ4n) is 3.36. The monoisotopic (exact) mass is 258 g/mol. The lowest BCUT2D eigenvalue weighted by molar-refractivity contribution is 0.0837. The Morgan fingerprint density at radius 1 is 1.21 bits per heavy atom. The lowest BCUT2D eigenvalue weighted by Gasteiger charge is -2.31. The average molecular weight is 258 g/mol. The molecule has 0 saturated heterocycles. The summed E-state index contributed by atoms with van der Waals surface area (Å²) in [7, 11) is 0. The molecular formula is C17H22O2. The molecule has 19 heavy (non-hydrogen) atoms. The highest BCUT2D eigenvalue weighted by Gasteiger charge is 2.30. The van der Waals surface area contributed by atoms with Crippen molar-refractivity contribution in [2.75, 3.05) is 6.61 Å². The van der Waals surface area contributed by atoms with Gasteiger partial charge in [0.1, 0.15) is 5.75 Å². The molecule has 2 aliphatic rings. The van der Waals surface area contributed by atoms with Gasteiger partial charge in [-0.15, -0.1) is 0 Å². The predicted molar refractivity (Wildman–Crippen MR) is 75.6 cm³/mol. The van der Waals surface area contributed by atoms with E-state index in [4.69, 9.17) is 4.74 Å². The van der Waals surface area contributed by atoms with Crippen molar-refractivity contribution in [1.82, 2.24) is 0 Å². The molecule has 2 nitrogen and oxygen atoms in total. The Morgan fingerprint density at radius 3 is 2.84 bits per heavy atom. The zero-order chi connectivity index (χ0) is 13.4. The van der Waals surface area contributed by atoms with Crippen LogP contribution in [0.1, 0.15) is 49.0 Å². The molecule has 3 atom stereocenters. The van der Waals surface area contributed by atoms with Crippen LogP contribution in [0.3, 0.4) is 0 Å². The van der Waals surface area contributed by atoms with Gasteiger partial charge in [-0.2, -0.15) is 0 Å². The van der Waals surface area contributed by atoms with Crippen molar-refractivity contribution >= 4 is 5.78 Å². The zero-order valence-electron chi connectivity index (χ0n) is 11.8. The highest BCUT2D eigenvalue weighted by molar-refractivity contribution is 5.98. The number of hydrogen-bond donors (Lipinski definition) is 0. The molecule has 1 fully saturated rings. The summed E-state index contributed by atoms with van der Waals surface area (Å²) in [6, 6.07) is 5.95. The van der Waals surface area contributed by atoms with Crippen molar-refractivity contribution in [1.29, 1.82) is 0 Å². The topological polar surface area (TPSA) is 26.3 Å². The maximum atomic E-state index is 12.6. The molecule has 1 aliphatic heterocycles. The van der Waals surface area contributed by atoms with Crippen molar-refractivity contribution in [2.45, 2.75) is 39.5 Å². The molecule has 1 saturated carbocycles. The summed E-state index contributed by atoms with van der Waals surface area (Å²) in [5.74, 6) is 2.96. The first-order chi connectivity index (χ1) is 9.15. The van der Waals surface area contributed by atoms with Crippen LogP contribution < -0.4 is 4.74 Å². The number of rotatable bonds is 2. The second kappa shape index (κ2) is 4.99. The molecule has 102 valence electrons. The molecule has 3 rings (SSSR count). The van der Waals surface area contributed by atoms with E-state index in [0.717, 1.165) is 43.1 Å². The van der Waals surface area contributed by atoms with Crippen molar-refractivity contribution in [3.8, 4) is 5.75 Å². The number of carbonyl (C=O) groups is 1. The minimum absolute atomic E-state index is 0.228. The van der Waals surface area contributed by atoms with Crippen LogP contribution in [0, 0.1) is 17.8 Å². The van der Waals surface area contributed by atoms with Gasteiger partial charge in [-0.25, -0.2) is 0 Å². The van der Waals surface area contributed by atoms with Crippen LogP contribution in [0.25, 0.3) is 0 Å². The number of benzene rings is 1. The molecule has 1 aliphatic carbocycles. The highest BCUT2D eigenvalue weighted by atomic mass is 16.5. The van der Waals surface area contributed by atoms with Crippen LogP contribution in [0.5, 0.6) is 5.75 Å². The van der Waals surface area contributed by atoms with Crippen LogP contribution >= 0.6 is 0 Å². The van der Waals surface area contributed by atoms with E-state index in [-0.39, 0.29) is 5.92 Å². The van der Waals surface area contributed by atoms with Crippen LogP contribution in [0.4, 0.5) is 0 Å². The number of ether oxygens (including phenoxy) is 1. The zero-order valence-corrected chi connectivity index (χ0v) is 11.8. The third kappa shape index (κ3) is 2.41. The summed E-state index contributed by atoms with van der Waals surface area (Å²) in [5.41, 5.74) is 2.08. The molecule has 0 aromatic heterocycles. The standard InChI is InChI=1S/C17H22O2/c1-11-3-4-14(9-12(11)2)17(18)15-5-6-16-13(10-15)7-8-19-16/h5-6,10-12,14H,3-4,7-9H2,1-2H3. The Balaban J connectivity index is 1.77. The Morgan fingerprint density at radius 2 is 2.05 bits per heavy atom. The van der Waals surface area contributed by atoms with E-state index in [1.807, 2.05) is 18.2 Å². The molecule has 1 heterocycles. The van der Waals surface area contributed by atoms with Gasteiger partial charge in [-0.1, -0.05) is 13.8 Å². The van der Waals surface area contributed by atoms with Gasteiger partial charge >= 0.3 is 0 Å². The summed E-state index contributed by atoms with van der Waals surface area (Å²) < 4.78 is 5.50. The normalized spacial score (nSPS) is 29.7. The maximum absolute atomic E-state index is 12.6. The third-order valence-electron chi connectivity index (χ3n) is 4.94. The number of fused-ring (bicyclic) bond motifs is 1. The second-order valence-corrected chi connectivity index (χ2v) is 6.25. The summed E-state index contributed by atoms with van der Waals surface area (Å²) in [4.78, 5) is 12.6. The fourth-order valence-corrected chi connectivity index (χ4v) is 3.36. The number of hydrogen-bond acceptors (Lipinski definition) is 2. The summed E-state index contributed by atoms with van der Waals surface area (Å²) >= 11 is 0. The van der Waals surface area contributed by atoms with E-state index in [0.29, 0.717) is 11.7 Å². The summed E-state index contributed by atoms with van der Waals surface area (Å²) in [5, 5.41) is 0. The van der Waals surface area contributed by atoms with Gasteiger partial charge in [0.25, 0.3) is 0 Å². The Bertz CT molecular complexity index is 492. The lowest BCUT2D eigenvalue weighted by atomic mass is 9.73. The Hall–Kier alpha value is -1.31. The average Bonchev–Trinajstić information content (AvgIpc) is 2.88. The van der Waals surface area contributed by atoms with E-state index in [1.54, 1.807) is 0 Å². The van der Waals surface area contributed by atoms with Crippen LogP contribution in [0.15, 0.2) is 18.2 Å². The molecule has 0 spiro atoms. The van der Waals surface area contributed by atoms with Gasteiger partial charge in [-0.05, 0) is 54.9 Å². The van der Waals surface area contributed by atoms with E-state index < -0.39 is 0 Å². The van der Waals surface area contributed by atoms with Gasteiger partial charge in [0, 0.05) is 17.9 Å². The van der Waals surface area contributed by atoms with Crippen molar-refractivity contribution in [3.63, 3.8) is 0 Å². The second-order valence-electron chi connectivity index (χ2n) is 6.25. The minimum Gasteiger partial charge on any atom is -0.493 e. The van der Waals surface area contributed by atoms with Gasteiger partial charge in [0.05, 0.1) is 6.61 Å². The van der Waals surface area contributed by atoms with E-state index in [1.165, 1.54) is 12.0 Å². The molecule has 1 aromatic rings. The lowest BCUT2D eigenvalue weighted by Crippen LogP contribution is -2.26. The SMILES string of the molecule is CC1CCC(C(=O)c2ccc3c(c2)CCO3)CC1C. The van der Waals surface area contributed by atoms with Gasteiger partial charge in [0.15, 0.2) is 5.78 Å². The maximum Gasteiger partial charge on any atom is 0.165 e. The van der Waals surface area contributed by atoms with Crippen molar-refractivity contribution < 1.29 is 9.53 Å². The van der Waals surface area contributed by atoms with Crippen molar-refractivity contribution in [3.05, 3.63) is 29.3 Å². The molecule has 3 unspecified atom stereocenters. The van der Waals surface area contributed by atoms with Crippen LogP contribution in [-0.2, 0) is 6.42 Å². The van der Waals surface area contributed by atoms with Gasteiger partial charge < -0.3 is 4.74 Å². The first-order valence-corrected chi connectivity index (χ1v) is 7.45. The smallest absolute Gasteiger partial charge is 0.165 e. The summed E-state index contributed by atoms with van der Waals surface area (Å²) in [6.45, 7) is 5.34. The highest BCUT2D eigenvalue weighted by Crippen LogP contribution is 2.36. The first-order valence-electron chi connectivity index (χ1n) is 7.45. The largest absolute Gasteiger partial charge is 0.493 e. The number of carbonyl (C=O) groups excluding carboxylic acids is 1. The third-order valence-corrected chi connectivity index (χ3v) is 4.94. The van der Waals surface area contributed by atoms with E-state index >= 15 is 0 Å². The van der Waals surface area contributed by atoms with Gasteiger partial charge in [-0.3, -0.25) is 4.79 Å². The quantitative estimate of drug-likeness (QED) is 0.753. The van der Waals surface area contributed by atoms with Crippen molar-refractivity contribution in [2.24, 2.45) is 17.8 Å². The molecule has 2 heteroatoms. The van der Waals surface area contributed by atoms with E-state index in [2.05, 4.69) is 13.8 Å². The molecule has 0 amide bonds. The molecule has 1 aromatic carbocycles. The Labute approximate surface area is 115 Å². The number of ketones is 1. The summed E-state index contributed by atoms with van der Waals surface area (Å²) in [6.07, 6.45) is 4.23. The van der Waals surface area contributed by atoms with Crippen LogP contribution in [-0.4, -0.2) is 12.4 Å². The minimum atomic E-state index is 0.228. The van der Waals surface area contributed by atoms with Crippen LogP contribution in [0.2, 0.25) is 0 Å². The molecular weight excluding hydrogens is 236 g/mol. The first kappa shape index (κ1) is 12.7. The molecule has 0 bridgehead atoms. The molecule has 0 N–H and O–H groups in total. The fraction of sp³-hybridized carbons (Fsp3) is 0.588. The Kier molecular flexibility index (Phi) is 3.34. The van der Waals surface area contributed by atoms with Gasteiger partial charge in [0.2, 0.25) is 0 Å².